The number of methoxy groups -OCH3 is 1. The molecule has 0 spiro atoms. The average Bonchev–Trinajstić information content (AvgIpc) is 2.52. The van der Waals surface area contributed by atoms with E-state index in [1.165, 1.54) is 0 Å². The van der Waals surface area contributed by atoms with Crippen LogP contribution >= 0.6 is 0 Å². The van der Waals surface area contributed by atoms with Gasteiger partial charge in [-0.05, 0) is 45.4 Å². The molecule has 0 saturated carbocycles. The molecule has 0 aliphatic carbocycles. The first kappa shape index (κ1) is 20.6. The van der Waals surface area contributed by atoms with Crippen molar-refractivity contribution in [2.75, 3.05) is 20.3 Å². The molecule has 0 aliphatic rings. The molecule has 0 fully saturated rings. The van der Waals surface area contributed by atoms with E-state index >= 15 is 0 Å². The minimum absolute atomic E-state index is 0.163. The van der Waals surface area contributed by atoms with Crippen LogP contribution in [-0.2, 0) is 16.1 Å². The molecule has 140 valence electrons. The van der Waals surface area contributed by atoms with Crippen molar-refractivity contribution in [1.29, 1.82) is 0 Å². The predicted octanol–water partition coefficient (Wildman–Crippen LogP) is 2.62. The van der Waals surface area contributed by atoms with Crippen molar-refractivity contribution in [3.8, 4) is 11.5 Å². The van der Waals surface area contributed by atoms with Gasteiger partial charge in [0.1, 0.15) is 5.60 Å². The van der Waals surface area contributed by atoms with Crippen LogP contribution in [0.2, 0.25) is 0 Å². The highest BCUT2D eigenvalue weighted by Crippen LogP contribution is 2.27. The second-order valence-corrected chi connectivity index (χ2v) is 6.37. The Hall–Kier alpha value is -2.44. The lowest BCUT2D eigenvalue weighted by atomic mass is 10.2. The predicted molar refractivity (Wildman–Crippen MR) is 94.9 cm³/mol. The Kier molecular flexibility index (Phi) is 8.04. The van der Waals surface area contributed by atoms with E-state index in [4.69, 9.17) is 14.2 Å². The maximum atomic E-state index is 11.8. The Balaban J connectivity index is 2.38. The molecule has 0 aliphatic heterocycles. The average molecular weight is 352 g/mol. The first-order valence-corrected chi connectivity index (χ1v) is 8.28. The monoisotopic (exact) mass is 352 g/mol. The number of amides is 2. The standard InChI is InChI=1S/C18H28N2O5/c1-6-24-14-8-7-13(11-15(14)23-5)12-20-16(21)9-10-19-17(22)25-18(2,3)4/h7-8,11H,6,9-10,12H2,1-5H3,(H,19,22)(H,20,21). The van der Waals surface area contributed by atoms with Crippen LogP contribution in [0.1, 0.15) is 39.7 Å². The third-order valence-corrected chi connectivity index (χ3v) is 3.04. The van der Waals surface area contributed by atoms with Gasteiger partial charge in [0.15, 0.2) is 11.5 Å². The molecule has 1 aromatic carbocycles. The van der Waals surface area contributed by atoms with Gasteiger partial charge in [0.25, 0.3) is 0 Å². The van der Waals surface area contributed by atoms with Crippen LogP contribution in [0.4, 0.5) is 4.79 Å². The first-order valence-electron chi connectivity index (χ1n) is 8.28. The first-order chi connectivity index (χ1) is 11.7. The van der Waals surface area contributed by atoms with Gasteiger partial charge >= 0.3 is 6.09 Å². The molecule has 7 heteroatoms. The van der Waals surface area contributed by atoms with Gasteiger partial charge in [-0.2, -0.15) is 0 Å². The maximum Gasteiger partial charge on any atom is 0.407 e. The lowest BCUT2D eigenvalue weighted by Crippen LogP contribution is -2.35. The van der Waals surface area contributed by atoms with E-state index < -0.39 is 11.7 Å². The zero-order chi connectivity index (χ0) is 18.9. The van der Waals surface area contributed by atoms with Crippen LogP contribution in [0.25, 0.3) is 0 Å². The van der Waals surface area contributed by atoms with E-state index in [9.17, 15) is 9.59 Å². The number of carbonyl (C=O) groups excluding carboxylic acids is 2. The van der Waals surface area contributed by atoms with E-state index in [0.717, 1.165) is 5.56 Å². The van der Waals surface area contributed by atoms with Gasteiger partial charge in [0.05, 0.1) is 13.7 Å². The Morgan fingerprint density at radius 2 is 1.84 bits per heavy atom. The maximum absolute atomic E-state index is 11.8. The molecule has 1 aromatic rings. The summed E-state index contributed by atoms with van der Waals surface area (Å²) >= 11 is 0. The highest BCUT2D eigenvalue weighted by molar-refractivity contribution is 5.77. The fourth-order valence-corrected chi connectivity index (χ4v) is 1.98. The molecule has 7 nitrogen and oxygen atoms in total. The number of alkyl carbamates (subject to hydrolysis) is 1. The number of hydrogen-bond donors (Lipinski definition) is 2. The zero-order valence-electron chi connectivity index (χ0n) is 15.6. The third-order valence-electron chi connectivity index (χ3n) is 3.04. The molecular weight excluding hydrogens is 324 g/mol. The number of nitrogens with one attached hydrogen (secondary N) is 2. The number of carbonyl (C=O) groups is 2. The van der Waals surface area contributed by atoms with Crippen LogP contribution in [0.15, 0.2) is 18.2 Å². The second-order valence-electron chi connectivity index (χ2n) is 6.37. The Morgan fingerprint density at radius 1 is 1.12 bits per heavy atom. The summed E-state index contributed by atoms with van der Waals surface area (Å²) in [6, 6.07) is 5.50. The van der Waals surface area contributed by atoms with Gasteiger partial charge in [0, 0.05) is 19.5 Å². The van der Waals surface area contributed by atoms with Crippen LogP contribution in [-0.4, -0.2) is 37.9 Å². The minimum atomic E-state index is -0.556. The highest BCUT2D eigenvalue weighted by atomic mass is 16.6. The topological polar surface area (TPSA) is 85.9 Å². The summed E-state index contributed by atoms with van der Waals surface area (Å²) in [4.78, 5) is 23.3. The summed E-state index contributed by atoms with van der Waals surface area (Å²) in [6.07, 6.45) is -0.357. The van der Waals surface area contributed by atoms with Crippen molar-refractivity contribution in [3.63, 3.8) is 0 Å². The molecular formula is C18H28N2O5. The van der Waals surface area contributed by atoms with E-state index in [-0.39, 0.29) is 18.9 Å². The fourth-order valence-electron chi connectivity index (χ4n) is 1.98. The minimum Gasteiger partial charge on any atom is -0.493 e. The van der Waals surface area contributed by atoms with E-state index in [1.54, 1.807) is 27.9 Å². The van der Waals surface area contributed by atoms with Crippen molar-refractivity contribution in [2.45, 2.75) is 46.3 Å². The van der Waals surface area contributed by atoms with Crippen LogP contribution in [0.5, 0.6) is 11.5 Å². The normalized spacial score (nSPS) is 10.8. The van der Waals surface area contributed by atoms with Crippen molar-refractivity contribution in [3.05, 3.63) is 23.8 Å². The van der Waals surface area contributed by atoms with Crippen LogP contribution in [0, 0.1) is 0 Å². The second kappa shape index (κ2) is 9.76. The smallest absolute Gasteiger partial charge is 0.407 e. The van der Waals surface area contributed by atoms with Gasteiger partial charge in [0.2, 0.25) is 5.91 Å². The highest BCUT2D eigenvalue weighted by Gasteiger charge is 2.15. The van der Waals surface area contributed by atoms with Crippen molar-refractivity contribution in [1.82, 2.24) is 10.6 Å². The lowest BCUT2D eigenvalue weighted by molar-refractivity contribution is -0.121. The molecule has 0 unspecified atom stereocenters. The van der Waals surface area contributed by atoms with Gasteiger partial charge in [-0.1, -0.05) is 6.07 Å². The molecule has 0 heterocycles. The van der Waals surface area contributed by atoms with Gasteiger partial charge in [-0.3, -0.25) is 4.79 Å². The molecule has 1 rings (SSSR count). The summed E-state index contributed by atoms with van der Waals surface area (Å²) in [5, 5.41) is 5.35. The van der Waals surface area contributed by atoms with E-state index in [0.29, 0.717) is 24.7 Å². The number of ether oxygens (including phenoxy) is 3. The zero-order valence-corrected chi connectivity index (χ0v) is 15.6. The van der Waals surface area contributed by atoms with E-state index in [2.05, 4.69) is 10.6 Å². The van der Waals surface area contributed by atoms with Crippen molar-refractivity contribution >= 4 is 12.0 Å². The van der Waals surface area contributed by atoms with Gasteiger partial charge in [-0.15, -0.1) is 0 Å². The molecule has 0 atom stereocenters. The van der Waals surface area contributed by atoms with Crippen molar-refractivity contribution in [2.24, 2.45) is 0 Å². The largest absolute Gasteiger partial charge is 0.493 e. The Bertz CT molecular complexity index is 581. The summed E-state index contributed by atoms with van der Waals surface area (Å²) in [7, 11) is 1.57. The molecule has 0 radical (unpaired) electrons. The molecule has 25 heavy (non-hydrogen) atoms. The molecule has 0 saturated heterocycles. The van der Waals surface area contributed by atoms with Gasteiger partial charge in [-0.25, -0.2) is 4.79 Å². The van der Waals surface area contributed by atoms with Crippen LogP contribution in [0.3, 0.4) is 0 Å². The summed E-state index contributed by atoms with van der Waals surface area (Å²) in [6.45, 7) is 8.39. The van der Waals surface area contributed by atoms with Gasteiger partial charge < -0.3 is 24.8 Å². The quantitative estimate of drug-likeness (QED) is 0.751. The number of rotatable bonds is 8. The number of hydrogen-bond acceptors (Lipinski definition) is 5. The molecule has 0 aromatic heterocycles. The SMILES string of the molecule is CCOc1ccc(CNC(=O)CCNC(=O)OC(C)(C)C)cc1OC. The van der Waals surface area contributed by atoms with E-state index in [1.807, 2.05) is 25.1 Å². The molecule has 2 N–H and O–H groups in total. The third kappa shape index (κ3) is 8.28. The van der Waals surface area contributed by atoms with Crippen molar-refractivity contribution < 1.29 is 23.8 Å². The summed E-state index contributed by atoms with van der Waals surface area (Å²) < 4.78 is 15.8. The fraction of sp³-hybridized carbons (Fsp3) is 0.556. The number of benzene rings is 1. The Labute approximate surface area is 149 Å². The summed E-state index contributed by atoms with van der Waals surface area (Å²) in [5.74, 6) is 1.13. The van der Waals surface area contributed by atoms with Crippen LogP contribution < -0.4 is 20.1 Å². The Morgan fingerprint density at radius 3 is 2.44 bits per heavy atom. The lowest BCUT2D eigenvalue weighted by Gasteiger charge is -2.19. The molecule has 2 amide bonds. The molecule has 0 bridgehead atoms. The summed E-state index contributed by atoms with van der Waals surface area (Å²) in [5.41, 5.74) is 0.340.